The first-order chi connectivity index (χ1) is 9.08. The number of urea groups is 1. The number of hydrogen-bond donors (Lipinski definition) is 3. The second-order valence-corrected chi connectivity index (χ2v) is 5.53. The Morgan fingerprint density at radius 2 is 1.95 bits per heavy atom. The Hall–Kier alpha value is -1.69. The minimum Gasteiger partial charge on any atom is -0.481 e. The number of carbonyl (C=O) groups excluding carboxylic acids is 1. The highest BCUT2D eigenvalue weighted by Gasteiger charge is 2.07. The first-order valence-corrected chi connectivity index (χ1v) is 6.91. The maximum absolute atomic E-state index is 11.4. The summed E-state index contributed by atoms with van der Waals surface area (Å²) in [5, 5.41) is 13.9. The number of aliphatic carboxylic acids is 1. The van der Waals surface area contributed by atoms with E-state index in [1.165, 1.54) is 0 Å². The molecule has 0 fully saturated rings. The van der Waals surface area contributed by atoms with Gasteiger partial charge in [0, 0.05) is 23.2 Å². The van der Waals surface area contributed by atoms with Gasteiger partial charge in [0.2, 0.25) is 0 Å². The van der Waals surface area contributed by atoms with Crippen LogP contribution in [0.15, 0.2) is 35.2 Å². The van der Waals surface area contributed by atoms with Crippen LogP contribution in [-0.4, -0.2) is 35.4 Å². The van der Waals surface area contributed by atoms with Gasteiger partial charge in [-0.1, -0.05) is 25.1 Å². The molecule has 2 amide bonds. The van der Waals surface area contributed by atoms with Crippen LogP contribution in [-0.2, 0) is 4.79 Å². The van der Waals surface area contributed by atoms with Gasteiger partial charge in [0.15, 0.2) is 0 Å². The van der Waals surface area contributed by atoms with Gasteiger partial charge in [-0.3, -0.25) is 4.79 Å². The number of carbonyl (C=O) groups is 2. The normalized spacial score (nSPS) is 11.6. The summed E-state index contributed by atoms with van der Waals surface area (Å²) in [5.41, 5.74) is 0. The third-order valence-corrected chi connectivity index (χ3v) is 3.37. The summed E-state index contributed by atoms with van der Waals surface area (Å²) in [6.07, 6.45) is -0.0677. The predicted molar refractivity (Wildman–Crippen MR) is 75.4 cm³/mol. The molecule has 1 aromatic rings. The first-order valence-electron chi connectivity index (χ1n) is 6.03. The monoisotopic (exact) mass is 282 g/mol. The van der Waals surface area contributed by atoms with Gasteiger partial charge in [0.1, 0.15) is 0 Å². The van der Waals surface area contributed by atoms with Crippen molar-refractivity contribution in [3.63, 3.8) is 0 Å². The van der Waals surface area contributed by atoms with Crippen LogP contribution in [0.3, 0.4) is 0 Å². The van der Waals surface area contributed by atoms with E-state index in [4.69, 9.17) is 5.11 Å². The molecule has 3 N–H and O–H groups in total. The Kier molecular flexibility index (Phi) is 6.81. The van der Waals surface area contributed by atoms with Crippen LogP contribution in [0.25, 0.3) is 0 Å². The fraction of sp³-hybridized carbons (Fsp3) is 0.385. The molecule has 5 nitrogen and oxygen atoms in total. The Balaban J connectivity index is 2.17. The van der Waals surface area contributed by atoms with Crippen LogP contribution in [0, 0.1) is 0 Å². The van der Waals surface area contributed by atoms with Crippen molar-refractivity contribution in [2.75, 3.05) is 13.1 Å². The van der Waals surface area contributed by atoms with Crippen molar-refractivity contribution in [1.29, 1.82) is 0 Å². The molecule has 0 aliphatic rings. The largest absolute Gasteiger partial charge is 0.481 e. The van der Waals surface area contributed by atoms with Crippen molar-refractivity contribution in [1.82, 2.24) is 10.6 Å². The zero-order valence-corrected chi connectivity index (χ0v) is 11.6. The third-order valence-electron chi connectivity index (χ3n) is 2.25. The van der Waals surface area contributed by atoms with Crippen LogP contribution in [0.1, 0.15) is 13.3 Å². The molecule has 0 saturated carbocycles. The van der Waals surface area contributed by atoms with E-state index in [-0.39, 0.29) is 24.2 Å². The highest BCUT2D eigenvalue weighted by Crippen LogP contribution is 2.21. The van der Waals surface area contributed by atoms with Crippen LogP contribution < -0.4 is 10.6 Å². The lowest BCUT2D eigenvalue weighted by Crippen LogP contribution is -2.39. The molecule has 19 heavy (non-hydrogen) atoms. The van der Waals surface area contributed by atoms with E-state index in [0.29, 0.717) is 6.54 Å². The second kappa shape index (κ2) is 8.42. The molecule has 0 aromatic heterocycles. The van der Waals surface area contributed by atoms with Gasteiger partial charge in [0.05, 0.1) is 6.42 Å². The molecule has 6 heteroatoms. The van der Waals surface area contributed by atoms with Crippen molar-refractivity contribution in [2.45, 2.75) is 23.5 Å². The highest BCUT2D eigenvalue weighted by molar-refractivity contribution is 8.00. The predicted octanol–water partition coefficient (Wildman–Crippen LogP) is 1.94. The Labute approximate surface area is 116 Å². The molecule has 0 aliphatic heterocycles. The summed E-state index contributed by atoms with van der Waals surface area (Å²) in [4.78, 5) is 22.8. The van der Waals surface area contributed by atoms with E-state index in [1.807, 2.05) is 37.3 Å². The van der Waals surface area contributed by atoms with Gasteiger partial charge in [-0.25, -0.2) is 4.79 Å². The fourth-order valence-electron chi connectivity index (χ4n) is 1.35. The molecule has 0 bridgehead atoms. The molecular formula is C13H18N2O3S. The quantitative estimate of drug-likeness (QED) is 0.668. The van der Waals surface area contributed by atoms with Crippen LogP contribution in [0.2, 0.25) is 0 Å². The first kappa shape index (κ1) is 15.4. The van der Waals surface area contributed by atoms with Gasteiger partial charge < -0.3 is 15.7 Å². The Morgan fingerprint density at radius 1 is 1.26 bits per heavy atom. The lowest BCUT2D eigenvalue weighted by atomic mass is 10.4. The topological polar surface area (TPSA) is 78.4 Å². The number of nitrogens with one attached hydrogen (secondary N) is 2. The maximum Gasteiger partial charge on any atom is 0.314 e. The number of carboxylic acids is 1. The van der Waals surface area contributed by atoms with Crippen LogP contribution >= 0.6 is 11.8 Å². The van der Waals surface area contributed by atoms with Crippen molar-refractivity contribution in [2.24, 2.45) is 0 Å². The summed E-state index contributed by atoms with van der Waals surface area (Å²) in [6, 6.07) is 9.62. The molecule has 0 aliphatic carbocycles. The Bertz CT molecular complexity index is 412. The van der Waals surface area contributed by atoms with Gasteiger partial charge in [-0.05, 0) is 12.1 Å². The SMILES string of the molecule is CC(CNC(=O)NCCC(=O)O)Sc1ccccc1. The van der Waals surface area contributed by atoms with Gasteiger partial charge >= 0.3 is 12.0 Å². The molecule has 1 aromatic carbocycles. The van der Waals surface area contributed by atoms with Gasteiger partial charge in [0.25, 0.3) is 0 Å². The smallest absolute Gasteiger partial charge is 0.314 e. The fourth-order valence-corrected chi connectivity index (χ4v) is 2.30. The summed E-state index contributed by atoms with van der Waals surface area (Å²) < 4.78 is 0. The van der Waals surface area contributed by atoms with E-state index in [9.17, 15) is 9.59 Å². The van der Waals surface area contributed by atoms with E-state index in [1.54, 1.807) is 11.8 Å². The average molecular weight is 282 g/mol. The minimum atomic E-state index is -0.923. The summed E-state index contributed by atoms with van der Waals surface area (Å²) >= 11 is 1.68. The second-order valence-electron chi connectivity index (χ2n) is 4.02. The lowest BCUT2D eigenvalue weighted by molar-refractivity contribution is -0.136. The molecule has 0 saturated heterocycles. The third kappa shape index (κ3) is 7.35. The van der Waals surface area contributed by atoms with Crippen molar-refractivity contribution in [3.05, 3.63) is 30.3 Å². The molecule has 0 heterocycles. The van der Waals surface area contributed by atoms with E-state index < -0.39 is 5.97 Å². The number of amides is 2. The lowest BCUT2D eigenvalue weighted by Gasteiger charge is -2.12. The van der Waals surface area contributed by atoms with Crippen molar-refractivity contribution in [3.8, 4) is 0 Å². The number of thioether (sulfide) groups is 1. The Morgan fingerprint density at radius 3 is 2.58 bits per heavy atom. The zero-order chi connectivity index (χ0) is 14.1. The van der Waals surface area contributed by atoms with Gasteiger partial charge in [-0.2, -0.15) is 0 Å². The summed E-state index contributed by atoms with van der Waals surface area (Å²) in [6.45, 7) is 2.69. The van der Waals surface area contributed by atoms with Crippen LogP contribution in [0.5, 0.6) is 0 Å². The molecule has 0 radical (unpaired) electrons. The van der Waals surface area contributed by atoms with Crippen molar-refractivity contribution >= 4 is 23.8 Å². The van der Waals surface area contributed by atoms with Crippen LogP contribution in [0.4, 0.5) is 4.79 Å². The minimum absolute atomic E-state index is 0.0677. The number of carboxylic acid groups (broad SMARTS) is 1. The summed E-state index contributed by atoms with van der Waals surface area (Å²) in [5.74, 6) is -0.923. The maximum atomic E-state index is 11.4. The summed E-state index contributed by atoms with van der Waals surface area (Å²) in [7, 11) is 0. The van der Waals surface area contributed by atoms with Gasteiger partial charge in [-0.15, -0.1) is 11.8 Å². The van der Waals surface area contributed by atoms with E-state index in [0.717, 1.165) is 4.90 Å². The van der Waals surface area contributed by atoms with E-state index >= 15 is 0 Å². The number of benzene rings is 1. The molecule has 1 atom stereocenters. The highest BCUT2D eigenvalue weighted by atomic mass is 32.2. The van der Waals surface area contributed by atoms with Crippen molar-refractivity contribution < 1.29 is 14.7 Å². The number of hydrogen-bond acceptors (Lipinski definition) is 3. The molecule has 1 rings (SSSR count). The van der Waals surface area contributed by atoms with E-state index in [2.05, 4.69) is 10.6 Å². The molecule has 104 valence electrons. The zero-order valence-electron chi connectivity index (χ0n) is 10.8. The standard InChI is InChI=1S/C13H18N2O3S/c1-10(19-11-5-3-2-4-6-11)9-15-13(18)14-8-7-12(16)17/h2-6,10H,7-9H2,1H3,(H,16,17)(H2,14,15,18). The molecule has 1 unspecified atom stereocenters. The molecular weight excluding hydrogens is 264 g/mol. The number of rotatable bonds is 7. The molecule has 0 spiro atoms. The average Bonchev–Trinajstić information content (AvgIpc) is 2.37.